The molecule has 2 aromatic carbocycles. The largest absolute Gasteiger partial charge is 0.493 e. The summed E-state index contributed by atoms with van der Waals surface area (Å²) in [4.78, 5) is 40.0. The molecule has 2 saturated heterocycles. The minimum Gasteiger partial charge on any atom is -0.493 e. The van der Waals surface area contributed by atoms with Crippen LogP contribution in [0.2, 0.25) is 0 Å². The Morgan fingerprint density at radius 3 is 2.25 bits per heavy atom. The zero-order valence-corrected chi connectivity index (χ0v) is 20.4. The molecule has 2 aromatic rings. The number of carbonyl (C=O) groups is 3. The van der Waals surface area contributed by atoms with E-state index in [9.17, 15) is 14.4 Å². The van der Waals surface area contributed by atoms with Crippen LogP contribution in [-0.4, -0.2) is 57.3 Å². The summed E-state index contributed by atoms with van der Waals surface area (Å²) >= 11 is 0. The molecule has 188 valence electrons. The lowest BCUT2D eigenvalue weighted by Gasteiger charge is -2.24. The first-order valence-corrected chi connectivity index (χ1v) is 11.5. The van der Waals surface area contributed by atoms with Gasteiger partial charge >= 0.3 is 0 Å². The molecule has 3 heterocycles. The molecule has 2 unspecified atom stereocenters. The van der Waals surface area contributed by atoms with Crippen LogP contribution in [0.4, 0.5) is 17.1 Å². The fourth-order valence-electron chi connectivity index (χ4n) is 5.32. The van der Waals surface area contributed by atoms with Gasteiger partial charge in [-0.25, -0.2) is 0 Å². The SMILES string of the molecule is COc1cc(NC(=O)C2C3C(=O)N(c4ccc(NC(C)=O)cc4)C[C@@]34C=C[C@@H]2O4)cc(OC)c1OC. The average molecular weight is 494 g/mol. The Morgan fingerprint density at radius 2 is 1.67 bits per heavy atom. The van der Waals surface area contributed by atoms with Gasteiger partial charge in [0.25, 0.3) is 0 Å². The van der Waals surface area contributed by atoms with Gasteiger partial charge in [-0.15, -0.1) is 0 Å². The van der Waals surface area contributed by atoms with E-state index >= 15 is 0 Å². The van der Waals surface area contributed by atoms with Gasteiger partial charge in [0.1, 0.15) is 5.60 Å². The standard InChI is InChI=1S/C26H27N3O7/c1-14(30)27-15-5-7-17(8-6-15)29-13-26-10-9-18(36-26)21(22(26)25(29)32)24(31)28-16-11-19(33-2)23(35-4)20(12-16)34-3/h5-12,18,21-22H,13H2,1-4H3,(H,27,30)(H,28,31)/t18-,21?,22?,26-/m0/s1. The zero-order chi connectivity index (χ0) is 25.6. The molecule has 2 bridgehead atoms. The van der Waals surface area contributed by atoms with Crippen LogP contribution in [0.3, 0.4) is 0 Å². The Hall–Kier alpha value is -4.05. The molecule has 0 aromatic heterocycles. The maximum atomic E-state index is 13.6. The molecule has 36 heavy (non-hydrogen) atoms. The summed E-state index contributed by atoms with van der Waals surface area (Å²) < 4.78 is 22.3. The van der Waals surface area contributed by atoms with Crippen molar-refractivity contribution in [3.05, 3.63) is 48.6 Å². The molecule has 10 heteroatoms. The highest BCUT2D eigenvalue weighted by Gasteiger charge is 2.67. The molecule has 0 aliphatic carbocycles. The Balaban J connectivity index is 1.39. The van der Waals surface area contributed by atoms with Crippen molar-refractivity contribution in [1.82, 2.24) is 0 Å². The van der Waals surface area contributed by atoms with Gasteiger partial charge in [-0.05, 0) is 24.3 Å². The molecular formula is C26H27N3O7. The quantitative estimate of drug-likeness (QED) is 0.570. The summed E-state index contributed by atoms with van der Waals surface area (Å²) in [6, 6.07) is 10.3. The smallest absolute Gasteiger partial charge is 0.234 e. The summed E-state index contributed by atoms with van der Waals surface area (Å²) in [5.41, 5.74) is 0.888. The van der Waals surface area contributed by atoms with Crippen LogP contribution in [0, 0.1) is 11.8 Å². The lowest BCUT2D eigenvalue weighted by molar-refractivity contribution is -0.128. The number of carbonyl (C=O) groups excluding carboxylic acids is 3. The number of rotatable bonds is 7. The number of ether oxygens (including phenoxy) is 4. The number of nitrogens with zero attached hydrogens (tertiary/aromatic N) is 1. The fraction of sp³-hybridized carbons (Fsp3) is 0.346. The lowest BCUT2D eigenvalue weighted by atomic mass is 9.77. The third-order valence-electron chi connectivity index (χ3n) is 6.83. The van der Waals surface area contributed by atoms with Gasteiger partial charge in [0.2, 0.25) is 23.5 Å². The number of fused-ring (bicyclic) bond motifs is 1. The van der Waals surface area contributed by atoms with E-state index in [-0.39, 0.29) is 17.7 Å². The molecular weight excluding hydrogens is 466 g/mol. The summed E-state index contributed by atoms with van der Waals surface area (Å²) in [7, 11) is 4.49. The third kappa shape index (κ3) is 3.74. The molecule has 3 amide bonds. The highest BCUT2D eigenvalue weighted by atomic mass is 16.5. The topological polar surface area (TPSA) is 115 Å². The van der Waals surface area contributed by atoms with Crippen LogP contribution in [0.15, 0.2) is 48.6 Å². The van der Waals surface area contributed by atoms with E-state index in [1.807, 2.05) is 12.2 Å². The van der Waals surface area contributed by atoms with E-state index in [4.69, 9.17) is 18.9 Å². The van der Waals surface area contributed by atoms with Crippen LogP contribution < -0.4 is 29.7 Å². The number of amides is 3. The highest BCUT2D eigenvalue weighted by Crippen LogP contribution is 2.53. The normalized spacial score (nSPS) is 25.5. The van der Waals surface area contributed by atoms with Crippen LogP contribution in [0.5, 0.6) is 17.2 Å². The van der Waals surface area contributed by atoms with Gasteiger partial charge in [-0.3, -0.25) is 14.4 Å². The van der Waals surface area contributed by atoms with E-state index in [0.717, 1.165) is 0 Å². The van der Waals surface area contributed by atoms with E-state index in [0.29, 0.717) is 40.9 Å². The van der Waals surface area contributed by atoms with E-state index in [2.05, 4.69) is 10.6 Å². The second-order valence-electron chi connectivity index (χ2n) is 8.96. The van der Waals surface area contributed by atoms with Crippen LogP contribution >= 0.6 is 0 Å². The monoisotopic (exact) mass is 493 g/mol. The van der Waals surface area contributed by atoms with E-state index in [1.54, 1.807) is 41.3 Å². The molecule has 0 saturated carbocycles. The molecule has 2 fully saturated rings. The highest BCUT2D eigenvalue weighted by molar-refractivity contribution is 6.05. The van der Waals surface area contributed by atoms with E-state index in [1.165, 1.54) is 28.3 Å². The van der Waals surface area contributed by atoms with Crippen molar-refractivity contribution >= 4 is 34.8 Å². The van der Waals surface area contributed by atoms with Crippen molar-refractivity contribution in [3.63, 3.8) is 0 Å². The number of hydrogen-bond acceptors (Lipinski definition) is 7. The summed E-state index contributed by atoms with van der Waals surface area (Å²) in [6.07, 6.45) is 3.26. The second kappa shape index (κ2) is 8.87. The van der Waals surface area contributed by atoms with Gasteiger partial charge in [0.15, 0.2) is 11.5 Å². The number of hydrogen-bond donors (Lipinski definition) is 2. The fourth-order valence-corrected chi connectivity index (χ4v) is 5.32. The third-order valence-corrected chi connectivity index (χ3v) is 6.83. The minimum absolute atomic E-state index is 0.176. The second-order valence-corrected chi connectivity index (χ2v) is 8.96. The van der Waals surface area contributed by atoms with Crippen molar-refractivity contribution in [1.29, 1.82) is 0 Å². The molecule has 4 atom stereocenters. The predicted molar refractivity (Wildman–Crippen MR) is 132 cm³/mol. The van der Waals surface area contributed by atoms with Gasteiger partial charge in [-0.1, -0.05) is 12.2 Å². The Kier molecular flexibility index (Phi) is 5.83. The molecule has 1 spiro atoms. The van der Waals surface area contributed by atoms with Crippen molar-refractivity contribution in [2.75, 3.05) is 43.4 Å². The number of nitrogens with one attached hydrogen (secondary N) is 2. The van der Waals surface area contributed by atoms with E-state index < -0.39 is 23.5 Å². The number of anilines is 3. The van der Waals surface area contributed by atoms with Crippen LogP contribution in [-0.2, 0) is 19.1 Å². The Morgan fingerprint density at radius 1 is 1.00 bits per heavy atom. The lowest BCUT2D eigenvalue weighted by Crippen LogP contribution is -2.41. The number of methoxy groups -OCH3 is 3. The first-order valence-electron chi connectivity index (χ1n) is 11.5. The molecule has 3 aliphatic heterocycles. The first-order chi connectivity index (χ1) is 17.3. The molecule has 5 rings (SSSR count). The van der Waals surface area contributed by atoms with Gasteiger partial charge < -0.3 is 34.5 Å². The van der Waals surface area contributed by atoms with Gasteiger partial charge in [-0.2, -0.15) is 0 Å². The number of benzene rings is 2. The maximum absolute atomic E-state index is 13.6. The molecule has 2 N–H and O–H groups in total. The van der Waals surface area contributed by atoms with Crippen molar-refractivity contribution < 1.29 is 33.3 Å². The average Bonchev–Trinajstić information content (AvgIpc) is 3.51. The summed E-state index contributed by atoms with van der Waals surface area (Å²) in [6.45, 7) is 1.73. The Labute approximate surface area is 208 Å². The zero-order valence-electron chi connectivity index (χ0n) is 20.4. The van der Waals surface area contributed by atoms with Crippen molar-refractivity contribution in [3.8, 4) is 17.2 Å². The van der Waals surface area contributed by atoms with Crippen molar-refractivity contribution in [2.45, 2.75) is 18.6 Å². The van der Waals surface area contributed by atoms with Gasteiger partial charge in [0.05, 0.1) is 45.8 Å². The first kappa shape index (κ1) is 23.7. The van der Waals surface area contributed by atoms with Crippen LogP contribution in [0.25, 0.3) is 0 Å². The molecule has 0 radical (unpaired) electrons. The van der Waals surface area contributed by atoms with Crippen LogP contribution in [0.1, 0.15) is 6.92 Å². The van der Waals surface area contributed by atoms with Gasteiger partial charge in [0, 0.05) is 36.1 Å². The summed E-state index contributed by atoms with van der Waals surface area (Å²) in [5, 5.41) is 5.61. The van der Waals surface area contributed by atoms with Crippen molar-refractivity contribution in [2.24, 2.45) is 11.8 Å². The molecule has 10 nitrogen and oxygen atoms in total. The molecule has 3 aliphatic rings. The predicted octanol–water partition coefficient (Wildman–Crippen LogP) is 2.60. The summed E-state index contributed by atoms with van der Waals surface area (Å²) in [5.74, 6) is -0.841. The maximum Gasteiger partial charge on any atom is 0.234 e. The Bertz CT molecular complexity index is 1230. The minimum atomic E-state index is -0.866.